The van der Waals surface area contributed by atoms with E-state index >= 15 is 0 Å². The van der Waals surface area contributed by atoms with Crippen LogP contribution >= 0.6 is 0 Å². The Morgan fingerprint density at radius 3 is 2.32 bits per heavy atom. The van der Waals surface area contributed by atoms with Gasteiger partial charge >= 0.3 is 5.97 Å². The molecule has 2 aromatic rings. The van der Waals surface area contributed by atoms with Gasteiger partial charge in [0.25, 0.3) is 0 Å². The Kier molecular flexibility index (Phi) is 4.18. The van der Waals surface area contributed by atoms with E-state index in [1.165, 1.54) is 5.56 Å². The highest BCUT2D eigenvalue weighted by atomic mass is 16.4. The Hall–Kier alpha value is -2.29. The second-order valence-electron chi connectivity index (χ2n) is 4.55. The first-order valence-corrected chi connectivity index (χ1v) is 6.32. The van der Waals surface area contributed by atoms with Crippen molar-refractivity contribution in [3.05, 3.63) is 65.2 Å². The van der Waals surface area contributed by atoms with Crippen LogP contribution in [0.5, 0.6) is 0 Å². The van der Waals surface area contributed by atoms with Gasteiger partial charge in [0.05, 0.1) is 5.56 Å². The first-order valence-electron chi connectivity index (χ1n) is 6.32. The number of benzene rings is 2. The van der Waals surface area contributed by atoms with Gasteiger partial charge in [-0.2, -0.15) is 0 Å². The highest BCUT2D eigenvalue weighted by Crippen LogP contribution is 2.14. The molecule has 0 saturated heterocycles. The van der Waals surface area contributed by atoms with Gasteiger partial charge in [-0.1, -0.05) is 30.3 Å². The summed E-state index contributed by atoms with van der Waals surface area (Å²) in [5, 5.41) is 8.82. The van der Waals surface area contributed by atoms with Crippen LogP contribution in [0.1, 0.15) is 27.9 Å². The molecule has 0 aliphatic carbocycles. The van der Waals surface area contributed by atoms with Crippen LogP contribution in [0.3, 0.4) is 0 Å². The highest BCUT2D eigenvalue weighted by molar-refractivity contribution is 5.87. The van der Waals surface area contributed by atoms with Crippen molar-refractivity contribution < 1.29 is 9.90 Å². The van der Waals surface area contributed by atoms with Gasteiger partial charge in [-0.3, -0.25) is 0 Å². The molecule has 2 rings (SSSR count). The number of carboxylic acid groups (broad SMARTS) is 1. The molecule has 98 valence electrons. The summed E-state index contributed by atoms with van der Waals surface area (Å²) in [5.74, 6) is -0.886. The maximum Gasteiger partial charge on any atom is 0.335 e. The molecule has 3 heteroatoms. The lowest BCUT2D eigenvalue weighted by atomic mass is 10.0. The van der Waals surface area contributed by atoms with Crippen LogP contribution in [-0.2, 0) is 12.8 Å². The summed E-state index contributed by atoms with van der Waals surface area (Å²) in [7, 11) is 0. The fourth-order valence-corrected chi connectivity index (χ4v) is 2.06. The summed E-state index contributed by atoms with van der Waals surface area (Å²) < 4.78 is 0. The zero-order chi connectivity index (χ0) is 13.7. The molecule has 0 radical (unpaired) electrons. The lowest BCUT2D eigenvalue weighted by Gasteiger charge is -2.05. The van der Waals surface area contributed by atoms with Gasteiger partial charge in [-0.05, 0) is 48.6 Å². The fourth-order valence-electron chi connectivity index (χ4n) is 2.06. The van der Waals surface area contributed by atoms with Crippen LogP contribution in [0, 0.1) is 0 Å². The van der Waals surface area contributed by atoms with Gasteiger partial charge in [0.15, 0.2) is 0 Å². The van der Waals surface area contributed by atoms with E-state index in [1.807, 2.05) is 36.4 Å². The number of para-hydroxylation sites is 1. The van der Waals surface area contributed by atoms with E-state index in [0.717, 1.165) is 30.5 Å². The van der Waals surface area contributed by atoms with Crippen LogP contribution in [0.25, 0.3) is 0 Å². The van der Waals surface area contributed by atoms with Gasteiger partial charge in [0, 0.05) is 5.69 Å². The minimum atomic E-state index is -0.886. The first kappa shape index (κ1) is 13.1. The molecular formula is C16H17NO2. The van der Waals surface area contributed by atoms with Crippen LogP contribution < -0.4 is 5.73 Å². The van der Waals surface area contributed by atoms with Crippen molar-refractivity contribution in [2.45, 2.75) is 19.3 Å². The topological polar surface area (TPSA) is 63.3 Å². The van der Waals surface area contributed by atoms with E-state index in [2.05, 4.69) is 0 Å². The number of nitrogens with two attached hydrogens (primary N) is 1. The third kappa shape index (κ3) is 3.58. The molecule has 3 N–H and O–H groups in total. The molecule has 0 heterocycles. The number of hydrogen-bond donors (Lipinski definition) is 2. The second kappa shape index (κ2) is 6.05. The molecule has 0 saturated carbocycles. The summed E-state index contributed by atoms with van der Waals surface area (Å²) in [5.41, 5.74) is 9.38. The van der Waals surface area contributed by atoms with Crippen molar-refractivity contribution in [3.8, 4) is 0 Å². The minimum Gasteiger partial charge on any atom is -0.478 e. The van der Waals surface area contributed by atoms with Crippen LogP contribution in [0.2, 0.25) is 0 Å². The number of aryl methyl sites for hydroxylation is 2. The van der Waals surface area contributed by atoms with Crippen molar-refractivity contribution in [1.82, 2.24) is 0 Å². The zero-order valence-electron chi connectivity index (χ0n) is 10.7. The van der Waals surface area contributed by atoms with E-state index < -0.39 is 5.97 Å². The molecule has 0 fully saturated rings. The van der Waals surface area contributed by atoms with E-state index in [9.17, 15) is 4.79 Å². The van der Waals surface area contributed by atoms with Crippen LogP contribution in [0.15, 0.2) is 48.5 Å². The number of hydrogen-bond acceptors (Lipinski definition) is 2. The van der Waals surface area contributed by atoms with Gasteiger partial charge in [0.2, 0.25) is 0 Å². The largest absolute Gasteiger partial charge is 0.478 e. The molecule has 0 aliphatic rings. The average Bonchev–Trinajstić information content (AvgIpc) is 2.41. The third-order valence-corrected chi connectivity index (χ3v) is 3.17. The maximum absolute atomic E-state index is 10.7. The molecule has 19 heavy (non-hydrogen) atoms. The SMILES string of the molecule is Nc1ccccc1CCCc1ccc(C(=O)O)cc1. The molecule has 0 atom stereocenters. The molecule has 0 aromatic heterocycles. The first-order chi connectivity index (χ1) is 9.16. The Balaban J connectivity index is 1.89. The van der Waals surface area contributed by atoms with Crippen molar-refractivity contribution >= 4 is 11.7 Å². The number of carbonyl (C=O) groups is 1. The number of carboxylic acids is 1. The Labute approximate surface area is 112 Å². The van der Waals surface area contributed by atoms with Crippen molar-refractivity contribution in [3.63, 3.8) is 0 Å². The lowest BCUT2D eigenvalue weighted by molar-refractivity contribution is 0.0697. The molecule has 0 amide bonds. The quantitative estimate of drug-likeness (QED) is 0.807. The Morgan fingerprint density at radius 1 is 1.00 bits per heavy atom. The minimum absolute atomic E-state index is 0.330. The van der Waals surface area contributed by atoms with E-state index in [4.69, 9.17) is 10.8 Å². The second-order valence-corrected chi connectivity index (χ2v) is 4.55. The predicted molar refractivity (Wildman–Crippen MR) is 76.3 cm³/mol. The molecule has 3 nitrogen and oxygen atoms in total. The van der Waals surface area contributed by atoms with Crippen LogP contribution in [0.4, 0.5) is 5.69 Å². The normalized spacial score (nSPS) is 10.3. The van der Waals surface area contributed by atoms with E-state index in [0.29, 0.717) is 5.56 Å². The van der Waals surface area contributed by atoms with E-state index in [-0.39, 0.29) is 0 Å². The lowest BCUT2D eigenvalue weighted by Crippen LogP contribution is -1.97. The molecule has 0 bridgehead atoms. The smallest absolute Gasteiger partial charge is 0.335 e. The van der Waals surface area contributed by atoms with Crippen LogP contribution in [-0.4, -0.2) is 11.1 Å². The highest BCUT2D eigenvalue weighted by Gasteiger charge is 2.02. The number of aromatic carboxylic acids is 1. The maximum atomic E-state index is 10.7. The monoisotopic (exact) mass is 255 g/mol. The van der Waals surface area contributed by atoms with Gasteiger partial charge in [0.1, 0.15) is 0 Å². The van der Waals surface area contributed by atoms with Gasteiger partial charge in [-0.25, -0.2) is 4.79 Å². The number of anilines is 1. The van der Waals surface area contributed by atoms with Crippen molar-refractivity contribution in [1.29, 1.82) is 0 Å². The summed E-state index contributed by atoms with van der Waals surface area (Å²) >= 11 is 0. The van der Waals surface area contributed by atoms with Gasteiger partial charge < -0.3 is 10.8 Å². The molecular weight excluding hydrogens is 238 g/mol. The number of rotatable bonds is 5. The fraction of sp³-hybridized carbons (Fsp3) is 0.188. The average molecular weight is 255 g/mol. The molecule has 0 spiro atoms. The van der Waals surface area contributed by atoms with Crippen molar-refractivity contribution in [2.75, 3.05) is 5.73 Å². The molecule has 0 aliphatic heterocycles. The number of nitrogen functional groups attached to an aromatic ring is 1. The zero-order valence-corrected chi connectivity index (χ0v) is 10.7. The predicted octanol–water partition coefficient (Wildman–Crippen LogP) is 3.14. The van der Waals surface area contributed by atoms with Gasteiger partial charge in [-0.15, -0.1) is 0 Å². The Bertz CT molecular complexity index is 561. The summed E-state index contributed by atoms with van der Waals surface area (Å²) in [6, 6.07) is 14.9. The summed E-state index contributed by atoms with van der Waals surface area (Å²) in [6.07, 6.45) is 2.86. The summed E-state index contributed by atoms with van der Waals surface area (Å²) in [4.78, 5) is 10.7. The van der Waals surface area contributed by atoms with Crippen molar-refractivity contribution in [2.24, 2.45) is 0 Å². The Morgan fingerprint density at radius 2 is 1.68 bits per heavy atom. The summed E-state index contributed by atoms with van der Waals surface area (Å²) in [6.45, 7) is 0. The molecule has 0 unspecified atom stereocenters. The molecule has 2 aromatic carbocycles. The van der Waals surface area contributed by atoms with E-state index in [1.54, 1.807) is 12.1 Å². The third-order valence-electron chi connectivity index (χ3n) is 3.17. The standard InChI is InChI=1S/C16H17NO2/c17-15-7-2-1-5-13(15)6-3-4-12-8-10-14(11-9-12)16(18)19/h1-2,5,7-11H,3-4,6,17H2,(H,18,19).